The Morgan fingerprint density at radius 2 is 1.65 bits per heavy atom. The van der Waals surface area contributed by atoms with Crippen molar-refractivity contribution in [3.05, 3.63) is 59.9 Å². The molecule has 0 bridgehead atoms. The van der Waals surface area contributed by atoms with Crippen molar-refractivity contribution >= 4 is 0 Å². The molecule has 0 aliphatic rings. The molecule has 1 aromatic heterocycles. The molecule has 1 heterocycles. The van der Waals surface area contributed by atoms with E-state index in [1.807, 2.05) is 0 Å². The van der Waals surface area contributed by atoms with E-state index in [1.165, 1.54) is 12.1 Å². The molecule has 1 N–H and O–H groups in total. The second kappa shape index (κ2) is 4.53. The molecule has 0 amide bonds. The van der Waals surface area contributed by atoms with Crippen LogP contribution < -0.4 is 5.43 Å². The Hall–Kier alpha value is -1.91. The van der Waals surface area contributed by atoms with Gasteiger partial charge in [0.2, 0.25) is 0 Å². The fourth-order valence-electron chi connectivity index (χ4n) is 1.57. The second-order valence-corrected chi connectivity index (χ2v) is 3.58. The van der Waals surface area contributed by atoms with Crippen LogP contribution in [0.2, 0.25) is 0 Å². The van der Waals surface area contributed by atoms with Crippen molar-refractivity contribution in [3.8, 4) is 0 Å². The summed E-state index contributed by atoms with van der Waals surface area (Å²) >= 11 is 0. The molecule has 5 heteroatoms. The number of aromatic nitrogens is 1. The number of benzene rings is 1. The lowest BCUT2D eigenvalue weighted by atomic mass is 10.1. The summed E-state index contributed by atoms with van der Waals surface area (Å²) in [6.07, 6.45) is -0.846. The summed E-state index contributed by atoms with van der Waals surface area (Å²) in [5.41, 5.74) is 2.50. The average Bonchev–Trinajstić information content (AvgIpc) is 2.78. The van der Waals surface area contributed by atoms with Crippen molar-refractivity contribution in [2.45, 2.75) is 12.7 Å². The molecule has 0 saturated heterocycles. The molecule has 0 radical (unpaired) electrons. The largest absolute Gasteiger partial charge is 0.416 e. The third-order valence-electron chi connectivity index (χ3n) is 2.38. The van der Waals surface area contributed by atoms with Gasteiger partial charge in [-0.05, 0) is 23.8 Å². The maximum absolute atomic E-state index is 12.7. The fraction of sp³-hybridized carbons (Fsp3) is 0.167. The van der Waals surface area contributed by atoms with Gasteiger partial charge in [0, 0.05) is 12.4 Å². The van der Waals surface area contributed by atoms with Crippen LogP contribution in [0.3, 0.4) is 0 Å². The van der Waals surface area contributed by atoms with Crippen molar-refractivity contribution in [1.82, 2.24) is 4.68 Å². The maximum atomic E-state index is 12.7. The molecule has 17 heavy (non-hydrogen) atoms. The second-order valence-electron chi connectivity index (χ2n) is 3.58. The van der Waals surface area contributed by atoms with Crippen molar-refractivity contribution < 1.29 is 13.2 Å². The summed E-state index contributed by atoms with van der Waals surface area (Å²) in [7, 11) is 0. The minimum absolute atomic E-state index is 0.129. The Morgan fingerprint density at radius 1 is 1.00 bits per heavy atom. The van der Waals surface area contributed by atoms with Crippen molar-refractivity contribution in [2.75, 3.05) is 5.43 Å². The molecule has 0 spiro atoms. The van der Waals surface area contributed by atoms with Crippen LogP contribution in [-0.2, 0) is 12.7 Å². The van der Waals surface area contributed by atoms with Gasteiger partial charge in [-0.2, -0.15) is 13.2 Å². The van der Waals surface area contributed by atoms with Gasteiger partial charge in [0.25, 0.3) is 0 Å². The first kappa shape index (κ1) is 11.6. The fourth-order valence-corrected chi connectivity index (χ4v) is 1.57. The molecule has 0 aliphatic heterocycles. The van der Waals surface area contributed by atoms with Gasteiger partial charge in [-0.3, -0.25) is 4.68 Å². The van der Waals surface area contributed by atoms with E-state index in [4.69, 9.17) is 0 Å². The van der Waals surface area contributed by atoms with Crippen molar-refractivity contribution in [2.24, 2.45) is 0 Å². The number of rotatable bonds is 3. The number of nitrogens with one attached hydrogen (secondary N) is 1. The molecule has 0 unspecified atom stereocenters. The molecule has 0 fully saturated rings. The highest BCUT2D eigenvalue weighted by Gasteiger charge is 2.32. The minimum Gasteiger partial charge on any atom is -0.322 e. The van der Waals surface area contributed by atoms with Gasteiger partial charge in [0.05, 0.1) is 12.1 Å². The van der Waals surface area contributed by atoms with Gasteiger partial charge >= 0.3 is 6.18 Å². The predicted octanol–water partition coefficient (Wildman–Crippen LogP) is 3.25. The van der Waals surface area contributed by atoms with Crippen LogP contribution in [-0.4, -0.2) is 4.68 Å². The van der Waals surface area contributed by atoms with Crippen molar-refractivity contribution in [3.63, 3.8) is 0 Å². The topological polar surface area (TPSA) is 17.0 Å². The summed E-state index contributed by atoms with van der Waals surface area (Å²) in [4.78, 5) is 0. The third kappa shape index (κ3) is 2.81. The maximum Gasteiger partial charge on any atom is 0.416 e. The smallest absolute Gasteiger partial charge is 0.322 e. The van der Waals surface area contributed by atoms with Gasteiger partial charge in [-0.25, -0.2) is 0 Å². The Balaban J connectivity index is 2.16. The van der Waals surface area contributed by atoms with Gasteiger partial charge in [0.1, 0.15) is 0 Å². The minimum atomic E-state index is -4.31. The van der Waals surface area contributed by atoms with E-state index in [0.717, 1.165) is 6.07 Å². The third-order valence-corrected chi connectivity index (χ3v) is 2.38. The van der Waals surface area contributed by atoms with Crippen LogP contribution in [0, 0.1) is 0 Å². The first-order valence-electron chi connectivity index (χ1n) is 5.09. The highest BCUT2D eigenvalue weighted by molar-refractivity contribution is 5.30. The molecule has 2 aromatic rings. The molecule has 0 saturated carbocycles. The summed E-state index contributed by atoms with van der Waals surface area (Å²) in [6, 6.07) is 9.14. The monoisotopic (exact) mass is 240 g/mol. The van der Waals surface area contributed by atoms with Gasteiger partial charge in [-0.15, -0.1) is 0 Å². The van der Waals surface area contributed by atoms with Crippen molar-refractivity contribution in [1.29, 1.82) is 0 Å². The first-order valence-corrected chi connectivity index (χ1v) is 5.09. The summed E-state index contributed by atoms with van der Waals surface area (Å²) in [5.74, 6) is 0. The van der Waals surface area contributed by atoms with Crippen LogP contribution in [0.25, 0.3) is 0 Å². The quantitative estimate of drug-likeness (QED) is 0.871. The van der Waals surface area contributed by atoms with E-state index in [2.05, 4.69) is 5.43 Å². The molecule has 0 atom stereocenters. The highest BCUT2D eigenvalue weighted by atomic mass is 19.4. The number of hydrogen-bond donors (Lipinski definition) is 1. The van der Waals surface area contributed by atoms with E-state index >= 15 is 0 Å². The number of halogens is 3. The normalized spacial score (nSPS) is 11.5. The molecule has 1 aromatic carbocycles. The number of nitrogens with zero attached hydrogens (tertiary/aromatic N) is 1. The molecule has 2 rings (SSSR count). The van der Waals surface area contributed by atoms with E-state index < -0.39 is 11.7 Å². The zero-order valence-corrected chi connectivity index (χ0v) is 8.91. The van der Waals surface area contributed by atoms with Gasteiger partial charge < -0.3 is 5.43 Å². The molecule has 90 valence electrons. The predicted molar refractivity (Wildman–Crippen MR) is 58.9 cm³/mol. The lowest BCUT2D eigenvalue weighted by Gasteiger charge is -2.14. The first-order chi connectivity index (χ1) is 8.07. The lowest BCUT2D eigenvalue weighted by Crippen LogP contribution is -2.16. The van der Waals surface area contributed by atoms with E-state index in [9.17, 15) is 13.2 Å². The molecule has 2 nitrogen and oxygen atoms in total. The van der Waals surface area contributed by atoms with E-state index in [1.54, 1.807) is 35.3 Å². The summed E-state index contributed by atoms with van der Waals surface area (Å²) in [6.45, 7) is 0.129. The standard InChI is InChI=1S/C12H11F3N2/c13-12(14,15)11-6-2-1-5-10(11)9-16-17-7-3-4-8-17/h1-8,16H,9H2. The summed E-state index contributed by atoms with van der Waals surface area (Å²) in [5, 5.41) is 0. The zero-order valence-electron chi connectivity index (χ0n) is 8.91. The molecular formula is C12H11F3N2. The van der Waals surface area contributed by atoms with E-state index in [0.29, 0.717) is 0 Å². The zero-order chi connectivity index (χ0) is 12.3. The van der Waals surface area contributed by atoms with Crippen LogP contribution in [0.5, 0.6) is 0 Å². The Bertz CT molecular complexity index is 475. The van der Waals surface area contributed by atoms with Gasteiger partial charge in [0.15, 0.2) is 0 Å². The van der Waals surface area contributed by atoms with Crippen LogP contribution in [0.4, 0.5) is 13.2 Å². The number of alkyl halides is 3. The molecular weight excluding hydrogens is 229 g/mol. The lowest BCUT2D eigenvalue weighted by molar-refractivity contribution is -0.138. The average molecular weight is 240 g/mol. The highest BCUT2D eigenvalue weighted by Crippen LogP contribution is 2.31. The van der Waals surface area contributed by atoms with Crippen LogP contribution in [0.1, 0.15) is 11.1 Å². The Morgan fingerprint density at radius 3 is 2.29 bits per heavy atom. The van der Waals surface area contributed by atoms with E-state index in [-0.39, 0.29) is 12.1 Å². The Labute approximate surface area is 96.7 Å². The molecule has 0 aliphatic carbocycles. The van der Waals surface area contributed by atoms with Gasteiger partial charge in [-0.1, -0.05) is 18.2 Å². The Kier molecular flexibility index (Phi) is 3.08. The SMILES string of the molecule is FC(F)(F)c1ccccc1CNn1cccc1. The number of hydrogen-bond acceptors (Lipinski definition) is 1. The summed E-state index contributed by atoms with van der Waals surface area (Å²) < 4.78 is 39.7. The van der Waals surface area contributed by atoms with Crippen LogP contribution in [0.15, 0.2) is 48.8 Å². The van der Waals surface area contributed by atoms with Crippen LogP contribution >= 0.6 is 0 Å².